The van der Waals surface area contributed by atoms with E-state index in [2.05, 4.69) is 36.9 Å². The SMILES string of the molecule is CC[C@H](C)[C@@H]1NC(=O)[C@@H](C(C)C)NC(=O)[C@@H](NC(=O)CC(O)CCCCCCCCCCCCN=C(N)N)[C@@H](C)OC(=O)[C@@H](C)NC(=O)[C@@H](CC(N)=O)NC(=O)[C@@H]([C@@H](C)O)NC1=O. The first-order chi connectivity index (χ1) is 29.6. The summed E-state index contributed by atoms with van der Waals surface area (Å²) >= 11 is 0. The molecule has 0 saturated carbocycles. The Hall–Kier alpha value is -5.05. The molecule has 21 heteroatoms. The molecule has 0 aromatic rings. The van der Waals surface area contributed by atoms with Crippen LogP contribution in [0.25, 0.3) is 0 Å². The number of ether oxygens (including phenoxy) is 1. The topological polar surface area (TPSA) is 349 Å². The minimum atomic E-state index is -1.68. The highest BCUT2D eigenvalue weighted by Gasteiger charge is 2.39. The third-order valence-electron chi connectivity index (χ3n) is 10.9. The van der Waals surface area contributed by atoms with Gasteiger partial charge in [0, 0.05) is 6.54 Å². The largest absolute Gasteiger partial charge is 0.458 e. The van der Waals surface area contributed by atoms with Crippen LogP contribution in [0.2, 0.25) is 0 Å². The lowest BCUT2D eigenvalue weighted by Gasteiger charge is -2.31. The molecule has 0 aromatic carbocycles. The molecule has 1 heterocycles. The first-order valence-corrected chi connectivity index (χ1v) is 22.3. The Labute approximate surface area is 371 Å². The molecule has 1 aliphatic rings. The molecule has 10 atom stereocenters. The van der Waals surface area contributed by atoms with Crippen molar-refractivity contribution in [2.24, 2.45) is 34.0 Å². The fourth-order valence-electron chi connectivity index (χ4n) is 6.83. The van der Waals surface area contributed by atoms with Gasteiger partial charge in [-0.3, -0.25) is 38.6 Å². The van der Waals surface area contributed by atoms with Crippen LogP contribution in [0.4, 0.5) is 0 Å². The van der Waals surface area contributed by atoms with Gasteiger partial charge in [0.05, 0.1) is 25.0 Å². The van der Waals surface area contributed by atoms with Crippen LogP contribution >= 0.6 is 0 Å². The maximum absolute atomic E-state index is 14.0. The number of aliphatic hydroxyl groups is 2. The highest BCUT2D eigenvalue weighted by molar-refractivity contribution is 5.98. The first kappa shape index (κ1) is 56.0. The van der Waals surface area contributed by atoms with Crippen LogP contribution in [0.5, 0.6) is 0 Å². The number of cyclic esters (lactones) is 1. The second kappa shape index (κ2) is 29.3. The van der Waals surface area contributed by atoms with Crippen molar-refractivity contribution in [1.29, 1.82) is 0 Å². The Balaban J connectivity index is 3.23. The Morgan fingerprint density at radius 3 is 1.73 bits per heavy atom. The van der Waals surface area contributed by atoms with Crippen molar-refractivity contribution in [1.82, 2.24) is 31.9 Å². The number of amides is 7. The van der Waals surface area contributed by atoms with E-state index in [9.17, 15) is 48.6 Å². The van der Waals surface area contributed by atoms with Crippen molar-refractivity contribution in [3.05, 3.63) is 0 Å². The van der Waals surface area contributed by atoms with Gasteiger partial charge < -0.3 is 64.1 Å². The van der Waals surface area contributed by atoms with Gasteiger partial charge in [-0.25, -0.2) is 4.79 Å². The Bertz CT molecular complexity index is 1540. The molecule has 14 N–H and O–H groups in total. The van der Waals surface area contributed by atoms with E-state index in [1.54, 1.807) is 27.7 Å². The van der Waals surface area contributed by atoms with E-state index >= 15 is 0 Å². The third kappa shape index (κ3) is 21.7. The third-order valence-corrected chi connectivity index (χ3v) is 10.9. The number of carbonyl (C=O) groups is 8. The summed E-state index contributed by atoms with van der Waals surface area (Å²) in [7, 11) is 0. The highest BCUT2D eigenvalue weighted by atomic mass is 16.5. The number of aliphatic hydroxyl groups excluding tert-OH is 2. The van der Waals surface area contributed by atoms with Gasteiger partial charge in [-0.15, -0.1) is 0 Å². The number of carbonyl (C=O) groups excluding carboxylic acids is 8. The summed E-state index contributed by atoms with van der Waals surface area (Å²) in [5.74, 6) is -8.53. The van der Waals surface area contributed by atoms with Gasteiger partial charge in [0.15, 0.2) is 5.96 Å². The van der Waals surface area contributed by atoms with Crippen LogP contribution in [-0.4, -0.2) is 125 Å². The van der Waals surface area contributed by atoms with E-state index in [1.807, 2.05) is 0 Å². The van der Waals surface area contributed by atoms with Crippen LogP contribution in [0, 0.1) is 11.8 Å². The summed E-state index contributed by atoms with van der Waals surface area (Å²) in [6.07, 6.45) is 5.68. The number of aliphatic imine (C=N–C) groups is 1. The number of hydrogen-bond donors (Lipinski definition) is 11. The highest BCUT2D eigenvalue weighted by Crippen LogP contribution is 2.15. The summed E-state index contributed by atoms with van der Waals surface area (Å²) in [5, 5.41) is 36.0. The number of nitrogens with one attached hydrogen (secondary N) is 6. The average Bonchev–Trinajstić information content (AvgIpc) is 3.19. The predicted molar refractivity (Wildman–Crippen MR) is 235 cm³/mol. The molecule has 1 fully saturated rings. The minimum absolute atomic E-state index is 0.112. The fourth-order valence-corrected chi connectivity index (χ4v) is 6.83. The second-order valence-electron chi connectivity index (χ2n) is 17.0. The van der Waals surface area contributed by atoms with Crippen molar-refractivity contribution >= 4 is 53.3 Å². The van der Waals surface area contributed by atoms with E-state index < -0.39 is 120 Å². The lowest BCUT2D eigenvalue weighted by Crippen LogP contribution is -2.63. The number of hydrogen-bond acceptors (Lipinski definition) is 12. The summed E-state index contributed by atoms with van der Waals surface area (Å²) in [4.78, 5) is 111. The Morgan fingerprint density at radius 2 is 1.21 bits per heavy atom. The quantitative estimate of drug-likeness (QED) is 0.0273. The molecule has 0 aromatic heterocycles. The van der Waals surface area contributed by atoms with Gasteiger partial charge in [-0.1, -0.05) is 91.9 Å². The fraction of sp³-hybridized carbons (Fsp3) is 0.786. The summed E-state index contributed by atoms with van der Waals surface area (Å²) < 4.78 is 5.54. The van der Waals surface area contributed by atoms with E-state index in [0.29, 0.717) is 25.8 Å². The van der Waals surface area contributed by atoms with Gasteiger partial charge in [-0.05, 0) is 45.4 Å². The molecule has 1 unspecified atom stereocenters. The molecule has 7 amide bonds. The minimum Gasteiger partial charge on any atom is -0.458 e. The number of nitrogens with zero attached hydrogens (tertiary/aromatic N) is 1. The van der Waals surface area contributed by atoms with Crippen molar-refractivity contribution < 1.29 is 53.3 Å². The van der Waals surface area contributed by atoms with Crippen LogP contribution in [0.3, 0.4) is 0 Å². The van der Waals surface area contributed by atoms with Crippen LogP contribution < -0.4 is 49.1 Å². The number of primary amides is 1. The van der Waals surface area contributed by atoms with Gasteiger partial charge >= 0.3 is 5.97 Å². The molecule has 1 saturated heterocycles. The summed E-state index contributed by atoms with van der Waals surface area (Å²) in [5.41, 5.74) is 16.0. The van der Waals surface area contributed by atoms with E-state index in [-0.39, 0.29) is 12.4 Å². The number of guanidine groups is 1. The smallest absolute Gasteiger partial charge is 0.328 e. The molecule has 1 aliphatic heterocycles. The maximum Gasteiger partial charge on any atom is 0.328 e. The molecule has 0 radical (unpaired) electrons. The van der Waals surface area contributed by atoms with Crippen molar-refractivity contribution in [2.45, 2.75) is 193 Å². The Kier molecular flexibility index (Phi) is 26.1. The van der Waals surface area contributed by atoms with Crippen LogP contribution in [-0.2, 0) is 43.1 Å². The lowest BCUT2D eigenvalue weighted by molar-refractivity contribution is -0.155. The number of rotatable bonds is 22. The average molecular weight is 897 g/mol. The number of nitrogens with two attached hydrogens (primary N) is 3. The zero-order chi connectivity index (χ0) is 47.8. The second-order valence-corrected chi connectivity index (χ2v) is 17.0. The molecular formula is C42H76N10O11. The molecule has 360 valence electrons. The standard InChI is InChI=1S/C42H76N10O11/c1-8-24(4)33-38(59)52-34(26(6)53)39(60)48-29(22-30(43)55)36(57)47-25(5)41(62)63-27(7)35(40(61)50-32(23(2)3)37(58)51-33)49-31(56)21-28(54)19-17-15-13-11-9-10-12-14-16-18-20-46-42(44)45/h23-29,32-35,53-54H,8-22H2,1-7H3,(H2,43,55)(H,47,57)(H,48,60)(H,49,56)(H,50,61)(H,51,58)(H,52,59)(H4,44,45,46)/t24-,25+,26+,27+,28?,29+,32+,33-,34+,35-/m0/s1. The maximum atomic E-state index is 14.0. The first-order valence-electron chi connectivity index (χ1n) is 22.3. The van der Waals surface area contributed by atoms with Crippen molar-refractivity contribution in [3.63, 3.8) is 0 Å². The van der Waals surface area contributed by atoms with Gasteiger partial charge in [0.1, 0.15) is 42.4 Å². The predicted octanol–water partition coefficient (Wildman–Crippen LogP) is -0.866. The van der Waals surface area contributed by atoms with Crippen LogP contribution in [0.1, 0.15) is 138 Å². The van der Waals surface area contributed by atoms with Gasteiger partial charge in [0.25, 0.3) is 0 Å². The van der Waals surface area contributed by atoms with E-state index in [1.165, 1.54) is 20.8 Å². The molecule has 1 rings (SSSR count). The molecule has 0 bridgehead atoms. The molecule has 0 aliphatic carbocycles. The van der Waals surface area contributed by atoms with Gasteiger partial charge in [-0.2, -0.15) is 0 Å². The normalized spacial score (nSPS) is 24.7. The summed E-state index contributed by atoms with van der Waals surface area (Å²) in [6, 6.07) is -8.97. The molecule has 63 heavy (non-hydrogen) atoms. The van der Waals surface area contributed by atoms with Crippen molar-refractivity contribution in [3.8, 4) is 0 Å². The van der Waals surface area contributed by atoms with Crippen molar-refractivity contribution in [2.75, 3.05) is 6.54 Å². The Morgan fingerprint density at radius 1 is 0.698 bits per heavy atom. The number of esters is 1. The zero-order valence-corrected chi connectivity index (χ0v) is 38.2. The zero-order valence-electron chi connectivity index (χ0n) is 38.2. The van der Waals surface area contributed by atoms with E-state index in [0.717, 1.165) is 57.8 Å². The molecular weight excluding hydrogens is 821 g/mol. The van der Waals surface area contributed by atoms with E-state index in [4.69, 9.17) is 21.9 Å². The molecule has 21 nitrogen and oxygen atoms in total. The van der Waals surface area contributed by atoms with Gasteiger partial charge in [0.2, 0.25) is 41.4 Å². The summed E-state index contributed by atoms with van der Waals surface area (Å²) in [6.45, 7) is 11.1. The van der Waals surface area contributed by atoms with Crippen LogP contribution in [0.15, 0.2) is 4.99 Å². The number of unbranched alkanes of at least 4 members (excludes halogenated alkanes) is 9. The molecule has 0 spiro atoms. The lowest BCUT2D eigenvalue weighted by atomic mass is 9.95. The monoisotopic (exact) mass is 897 g/mol.